The van der Waals surface area contributed by atoms with Crippen molar-refractivity contribution in [3.63, 3.8) is 0 Å². The van der Waals surface area contributed by atoms with Crippen LogP contribution in [0.5, 0.6) is 5.75 Å². The molecule has 0 atom stereocenters. The van der Waals surface area contributed by atoms with Gasteiger partial charge in [-0.25, -0.2) is 0 Å². The number of rotatable bonds is 6. The van der Waals surface area contributed by atoms with Gasteiger partial charge in [-0.3, -0.25) is 4.90 Å². The van der Waals surface area contributed by atoms with Crippen LogP contribution in [-0.2, 0) is 13.1 Å². The largest absolute Gasteiger partial charge is 0.493 e. The van der Waals surface area contributed by atoms with E-state index in [1.807, 2.05) is 0 Å². The minimum absolute atomic E-state index is 0.278. The molecule has 2 heterocycles. The van der Waals surface area contributed by atoms with Gasteiger partial charge in [0.1, 0.15) is 5.75 Å². The second-order valence-electron chi connectivity index (χ2n) is 5.94. The summed E-state index contributed by atoms with van der Waals surface area (Å²) < 4.78 is 10.9. The van der Waals surface area contributed by atoms with Crippen molar-refractivity contribution in [1.82, 2.24) is 15.0 Å². The van der Waals surface area contributed by atoms with E-state index in [0.717, 1.165) is 31.7 Å². The van der Waals surface area contributed by atoms with E-state index in [0.29, 0.717) is 40.8 Å². The third-order valence-electron chi connectivity index (χ3n) is 4.08. The summed E-state index contributed by atoms with van der Waals surface area (Å²) in [5, 5.41) is 5.11. The Morgan fingerprint density at radius 3 is 2.54 bits per heavy atom. The molecule has 1 aliphatic heterocycles. The first-order valence-electron chi connectivity index (χ1n) is 7.95. The Balaban J connectivity index is 1.43. The fourth-order valence-electron chi connectivity index (χ4n) is 2.77. The third-order valence-corrected chi connectivity index (χ3v) is 4.52. The Labute approximate surface area is 150 Å². The van der Waals surface area contributed by atoms with E-state index >= 15 is 0 Å². The SMILES string of the molecule is NCc1nc(CN2CCC(COc3cc(Cl)cc(Cl)c3)CC2)no1. The van der Waals surface area contributed by atoms with E-state index in [1.54, 1.807) is 18.2 Å². The van der Waals surface area contributed by atoms with E-state index in [9.17, 15) is 0 Å². The number of hydrogen-bond donors (Lipinski definition) is 1. The molecule has 6 nitrogen and oxygen atoms in total. The highest BCUT2D eigenvalue weighted by Crippen LogP contribution is 2.26. The van der Waals surface area contributed by atoms with Crippen LogP contribution in [-0.4, -0.2) is 34.7 Å². The van der Waals surface area contributed by atoms with Gasteiger partial charge >= 0.3 is 0 Å². The van der Waals surface area contributed by atoms with E-state index in [2.05, 4.69) is 15.0 Å². The molecular formula is C16H20Cl2N4O2. The van der Waals surface area contributed by atoms with E-state index in [1.165, 1.54) is 0 Å². The van der Waals surface area contributed by atoms with Crippen LogP contribution < -0.4 is 10.5 Å². The Bertz CT molecular complexity index is 652. The average molecular weight is 371 g/mol. The smallest absolute Gasteiger partial charge is 0.240 e. The molecule has 1 aromatic carbocycles. The van der Waals surface area contributed by atoms with Crippen LogP contribution in [0, 0.1) is 5.92 Å². The average Bonchev–Trinajstić information content (AvgIpc) is 3.01. The van der Waals surface area contributed by atoms with Gasteiger partial charge in [0.05, 0.1) is 19.7 Å². The topological polar surface area (TPSA) is 77.4 Å². The molecule has 8 heteroatoms. The predicted octanol–water partition coefficient (Wildman–Crippen LogP) is 3.13. The molecule has 0 unspecified atom stereocenters. The fraction of sp³-hybridized carbons (Fsp3) is 0.500. The molecule has 1 fully saturated rings. The molecule has 1 saturated heterocycles. The van der Waals surface area contributed by atoms with Crippen LogP contribution in [0.2, 0.25) is 10.0 Å². The maximum atomic E-state index is 5.98. The summed E-state index contributed by atoms with van der Waals surface area (Å²) >= 11 is 12.0. The summed E-state index contributed by atoms with van der Waals surface area (Å²) in [6.07, 6.45) is 2.13. The summed E-state index contributed by atoms with van der Waals surface area (Å²) in [6.45, 7) is 3.61. The van der Waals surface area contributed by atoms with E-state index in [4.69, 9.17) is 38.2 Å². The molecule has 3 rings (SSSR count). The van der Waals surface area contributed by atoms with Gasteiger partial charge in [0, 0.05) is 10.0 Å². The first-order valence-corrected chi connectivity index (χ1v) is 8.71. The van der Waals surface area contributed by atoms with Gasteiger partial charge in [0.25, 0.3) is 0 Å². The van der Waals surface area contributed by atoms with Crippen molar-refractivity contribution in [3.8, 4) is 5.75 Å². The van der Waals surface area contributed by atoms with Crippen LogP contribution in [0.1, 0.15) is 24.6 Å². The highest BCUT2D eigenvalue weighted by molar-refractivity contribution is 6.34. The van der Waals surface area contributed by atoms with Crippen LogP contribution >= 0.6 is 23.2 Å². The molecule has 1 aromatic heterocycles. The van der Waals surface area contributed by atoms with E-state index < -0.39 is 0 Å². The first kappa shape index (κ1) is 17.5. The summed E-state index contributed by atoms with van der Waals surface area (Å²) in [5.74, 6) is 2.41. The second-order valence-corrected chi connectivity index (χ2v) is 6.82. The van der Waals surface area contributed by atoms with Crippen molar-refractivity contribution in [2.75, 3.05) is 19.7 Å². The van der Waals surface area contributed by atoms with Crippen molar-refractivity contribution in [2.45, 2.75) is 25.9 Å². The molecule has 130 valence electrons. The minimum atomic E-state index is 0.278. The molecule has 0 radical (unpaired) electrons. The van der Waals surface area contributed by atoms with Gasteiger partial charge in [-0.1, -0.05) is 28.4 Å². The fourth-order valence-corrected chi connectivity index (χ4v) is 3.28. The standard InChI is InChI=1S/C16H20Cl2N4O2/c17-12-5-13(18)7-14(6-12)23-10-11-1-3-22(4-2-11)9-15-20-16(8-19)24-21-15/h5-7,11H,1-4,8-10,19H2. The lowest BCUT2D eigenvalue weighted by Crippen LogP contribution is -2.35. The van der Waals surface area contributed by atoms with Crippen LogP contribution in [0.3, 0.4) is 0 Å². The Kier molecular flexibility index (Phi) is 5.94. The van der Waals surface area contributed by atoms with Crippen molar-refractivity contribution in [2.24, 2.45) is 11.7 Å². The van der Waals surface area contributed by atoms with Crippen LogP contribution in [0.4, 0.5) is 0 Å². The van der Waals surface area contributed by atoms with Crippen LogP contribution in [0.15, 0.2) is 22.7 Å². The van der Waals surface area contributed by atoms with Crippen molar-refractivity contribution < 1.29 is 9.26 Å². The molecule has 2 N–H and O–H groups in total. The molecule has 0 amide bonds. The van der Waals surface area contributed by atoms with Crippen molar-refractivity contribution in [1.29, 1.82) is 0 Å². The maximum absolute atomic E-state index is 5.98. The molecule has 24 heavy (non-hydrogen) atoms. The highest BCUT2D eigenvalue weighted by Gasteiger charge is 2.21. The number of likely N-dealkylation sites (tertiary alicyclic amines) is 1. The highest BCUT2D eigenvalue weighted by atomic mass is 35.5. The molecular weight excluding hydrogens is 351 g/mol. The Hall–Kier alpha value is -1.34. The third kappa shape index (κ3) is 4.83. The normalized spacial score (nSPS) is 16.5. The molecule has 1 aliphatic rings. The number of nitrogens with two attached hydrogens (primary N) is 1. The quantitative estimate of drug-likeness (QED) is 0.841. The molecule has 0 bridgehead atoms. The van der Waals surface area contributed by atoms with Gasteiger partial charge in [-0.15, -0.1) is 0 Å². The number of aromatic nitrogens is 2. The van der Waals surface area contributed by atoms with Gasteiger partial charge in [0.2, 0.25) is 5.89 Å². The molecule has 0 spiro atoms. The molecule has 0 saturated carbocycles. The lowest BCUT2D eigenvalue weighted by molar-refractivity contribution is 0.134. The first-order chi connectivity index (χ1) is 11.6. The number of benzene rings is 1. The lowest BCUT2D eigenvalue weighted by atomic mass is 9.98. The lowest BCUT2D eigenvalue weighted by Gasteiger charge is -2.30. The maximum Gasteiger partial charge on any atom is 0.240 e. The number of ether oxygens (including phenoxy) is 1. The van der Waals surface area contributed by atoms with E-state index in [-0.39, 0.29) is 6.54 Å². The monoisotopic (exact) mass is 370 g/mol. The summed E-state index contributed by atoms with van der Waals surface area (Å²) in [6, 6.07) is 5.27. The van der Waals surface area contributed by atoms with Gasteiger partial charge in [-0.05, 0) is 50.0 Å². The summed E-state index contributed by atoms with van der Waals surface area (Å²) in [4.78, 5) is 6.56. The number of hydrogen-bond acceptors (Lipinski definition) is 6. The zero-order valence-corrected chi connectivity index (χ0v) is 14.8. The summed E-state index contributed by atoms with van der Waals surface area (Å²) in [5.41, 5.74) is 5.47. The van der Waals surface area contributed by atoms with Gasteiger partial charge in [-0.2, -0.15) is 4.98 Å². The molecule has 2 aromatic rings. The van der Waals surface area contributed by atoms with Crippen molar-refractivity contribution >= 4 is 23.2 Å². The Morgan fingerprint density at radius 2 is 1.92 bits per heavy atom. The summed E-state index contributed by atoms with van der Waals surface area (Å²) in [7, 11) is 0. The Morgan fingerprint density at radius 1 is 1.21 bits per heavy atom. The van der Waals surface area contributed by atoms with Crippen molar-refractivity contribution in [3.05, 3.63) is 40.0 Å². The van der Waals surface area contributed by atoms with Gasteiger partial charge < -0.3 is 15.0 Å². The van der Waals surface area contributed by atoms with Gasteiger partial charge in [0.15, 0.2) is 5.82 Å². The predicted molar refractivity (Wildman–Crippen MR) is 92.1 cm³/mol. The minimum Gasteiger partial charge on any atom is -0.493 e. The zero-order chi connectivity index (χ0) is 16.9. The number of nitrogens with zero attached hydrogens (tertiary/aromatic N) is 3. The second kappa shape index (κ2) is 8.16. The molecule has 0 aliphatic carbocycles. The zero-order valence-electron chi connectivity index (χ0n) is 13.3. The number of piperidine rings is 1. The van der Waals surface area contributed by atoms with Crippen LogP contribution in [0.25, 0.3) is 0 Å². The number of halogens is 2.